The van der Waals surface area contributed by atoms with E-state index in [0.29, 0.717) is 5.75 Å². The molecule has 88 valence electrons. The molecule has 0 fully saturated rings. The average molecular weight is 222 g/mol. The van der Waals surface area contributed by atoms with Crippen molar-refractivity contribution in [3.8, 4) is 5.75 Å². The van der Waals surface area contributed by atoms with Gasteiger partial charge in [-0.3, -0.25) is 4.79 Å². The molecule has 0 saturated heterocycles. The molecule has 0 radical (unpaired) electrons. The molecule has 0 bridgehead atoms. The number of carbonyl (C=O) groups excluding carboxylic acids is 1. The fraction of sp³-hybridized carbons (Fsp3) is 0.417. The monoisotopic (exact) mass is 222 g/mol. The summed E-state index contributed by atoms with van der Waals surface area (Å²) >= 11 is 0. The van der Waals surface area contributed by atoms with E-state index in [2.05, 4.69) is 12.2 Å². The first-order valence-electron chi connectivity index (χ1n) is 5.27. The molecule has 1 aromatic rings. The van der Waals surface area contributed by atoms with E-state index < -0.39 is 11.9 Å². The second-order valence-electron chi connectivity index (χ2n) is 3.55. The number of amides is 1. The zero-order chi connectivity index (χ0) is 12.1. The van der Waals surface area contributed by atoms with Crippen molar-refractivity contribution in [2.45, 2.75) is 19.4 Å². The van der Waals surface area contributed by atoms with Gasteiger partial charge in [0.25, 0.3) is 0 Å². The van der Waals surface area contributed by atoms with Crippen molar-refractivity contribution in [1.29, 1.82) is 0 Å². The van der Waals surface area contributed by atoms with E-state index >= 15 is 0 Å². The topological polar surface area (TPSA) is 64.3 Å². The Bertz CT molecular complexity index is 377. The number of nitrogens with one attached hydrogen (secondary N) is 1. The van der Waals surface area contributed by atoms with Gasteiger partial charge in [-0.2, -0.15) is 0 Å². The normalized spacial score (nSPS) is 12.2. The summed E-state index contributed by atoms with van der Waals surface area (Å²) in [6.07, 6.45) is 0.909. The predicted octanol–water partition coefficient (Wildman–Crippen LogP) is 1.00. The fourth-order valence-corrected chi connectivity index (χ4v) is 1.68. The Labute approximate surface area is 95.8 Å². The van der Waals surface area contributed by atoms with E-state index in [1.165, 1.54) is 0 Å². The van der Waals surface area contributed by atoms with E-state index in [-0.39, 0.29) is 0 Å². The first kappa shape index (κ1) is 12.5. The summed E-state index contributed by atoms with van der Waals surface area (Å²) in [4.78, 5) is 11.3. The number of hydrogen-bond acceptors (Lipinski definition) is 3. The highest BCUT2D eigenvalue weighted by Crippen LogP contribution is 2.26. The molecular formula is C12H18N2O2. The van der Waals surface area contributed by atoms with Crippen LogP contribution in [0.15, 0.2) is 18.2 Å². The fourth-order valence-electron chi connectivity index (χ4n) is 1.68. The number of nitrogens with two attached hydrogens (primary N) is 1. The van der Waals surface area contributed by atoms with Crippen molar-refractivity contribution in [3.05, 3.63) is 29.3 Å². The molecule has 1 amide bonds. The Morgan fingerprint density at radius 2 is 2.25 bits per heavy atom. The second-order valence-corrected chi connectivity index (χ2v) is 3.55. The molecule has 16 heavy (non-hydrogen) atoms. The van der Waals surface area contributed by atoms with Gasteiger partial charge in [0, 0.05) is 5.56 Å². The lowest BCUT2D eigenvalue weighted by molar-refractivity contribution is -0.120. The maximum absolute atomic E-state index is 11.3. The Morgan fingerprint density at radius 1 is 1.56 bits per heavy atom. The molecule has 0 heterocycles. The maximum atomic E-state index is 11.3. The number of methoxy groups -OCH3 is 1. The van der Waals surface area contributed by atoms with Crippen LogP contribution in [0.2, 0.25) is 0 Å². The van der Waals surface area contributed by atoms with Crippen molar-refractivity contribution in [1.82, 2.24) is 5.32 Å². The quantitative estimate of drug-likeness (QED) is 0.781. The van der Waals surface area contributed by atoms with E-state index in [4.69, 9.17) is 10.5 Å². The van der Waals surface area contributed by atoms with Crippen molar-refractivity contribution in [2.24, 2.45) is 5.73 Å². The number of likely N-dealkylation sites (N-methyl/N-ethyl adjacent to an activating group) is 1. The Kier molecular flexibility index (Phi) is 4.31. The van der Waals surface area contributed by atoms with Crippen LogP contribution < -0.4 is 15.8 Å². The van der Waals surface area contributed by atoms with Crippen LogP contribution in [0.5, 0.6) is 5.75 Å². The second kappa shape index (κ2) is 5.51. The molecule has 0 aliphatic carbocycles. The summed E-state index contributed by atoms with van der Waals surface area (Å²) in [7, 11) is 3.28. The van der Waals surface area contributed by atoms with Gasteiger partial charge >= 0.3 is 0 Å². The number of benzene rings is 1. The SMILES string of the molecule is CCc1ccc(OC)c(C(NC)C(N)=O)c1. The van der Waals surface area contributed by atoms with Gasteiger partial charge in [0.15, 0.2) is 0 Å². The highest BCUT2D eigenvalue weighted by Gasteiger charge is 2.19. The Morgan fingerprint density at radius 3 is 2.69 bits per heavy atom. The smallest absolute Gasteiger partial charge is 0.239 e. The number of ether oxygens (including phenoxy) is 1. The third kappa shape index (κ3) is 2.52. The molecule has 1 unspecified atom stereocenters. The number of aryl methyl sites for hydroxylation is 1. The van der Waals surface area contributed by atoms with Crippen molar-refractivity contribution < 1.29 is 9.53 Å². The number of carbonyl (C=O) groups is 1. The van der Waals surface area contributed by atoms with Crippen LogP contribution in [0.1, 0.15) is 24.1 Å². The minimum Gasteiger partial charge on any atom is -0.496 e. The maximum Gasteiger partial charge on any atom is 0.239 e. The summed E-state index contributed by atoms with van der Waals surface area (Å²) < 4.78 is 5.23. The Hall–Kier alpha value is -1.55. The average Bonchev–Trinajstić information content (AvgIpc) is 2.29. The highest BCUT2D eigenvalue weighted by atomic mass is 16.5. The van der Waals surface area contributed by atoms with Gasteiger partial charge in [0.2, 0.25) is 5.91 Å². The van der Waals surface area contributed by atoms with E-state index in [1.807, 2.05) is 18.2 Å². The van der Waals surface area contributed by atoms with E-state index in [0.717, 1.165) is 17.5 Å². The number of primary amides is 1. The molecule has 0 aliphatic heterocycles. The molecule has 3 N–H and O–H groups in total. The highest BCUT2D eigenvalue weighted by molar-refractivity contribution is 5.82. The van der Waals surface area contributed by atoms with E-state index in [9.17, 15) is 4.79 Å². The summed E-state index contributed by atoms with van der Waals surface area (Å²) in [5, 5.41) is 2.89. The van der Waals surface area contributed by atoms with Gasteiger partial charge < -0.3 is 15.8 Å². The van der Waals surface area contributed by atoms with Crippen molar-refractivity contribution in [3.63, 3.8) is 0 Å². The summed E-state index contributed by atoms with van der Waals surface area (Å²) in [6.45, 7) is 2.06. The minimum absolute atomic E-state index is 0.408. The van der Waals surface area contributed by atoms with Crippen LogP contribution in [-0.4, -0.2) is 20.1 Å². The summed E-state index contributed by atoms with van der Waals surface area (Å²) in [5.41, 5.74) is 7.28. The largest absolute Gasteiger partial charge is 0.496 e. The molecule has 1 atom stereocenters. The van der Waals surface area contributed by atoms with Gasteiger partial charge in [-0.05, 0) is 25.1 Å². The van der Waals surface area contributed by atoms with Crippen LogP contribution in [0, 0.1) is 0 Å². The zero-order valence-corrected chi connectivity index (χ0v) is 9.91. The van der Waals surface area contributed by atoms with Gasteiger partial charge in [-0.1, -0.05) is 19.1 Å². The molecule has 1 aromatic carbocycles. The summed E-state index contributed by atoms with van der Waals surface area (Å²) in [6, 6.07) is 5.28. The molecular weight excluding hydrogens is 204 g/mol. The lowest BCUT2D eigenvalue weighted by Gasteiger charge is -2.17. The third-order valence-corrected chi connectivity index (χ3v) is 2.59. The van der Waals surface area contributed by atoms with E-state index in [1.54, 1.807) is 14.2 Å². The van der Waals surface area contributed by atoms with Crippen LogP contribution in [0.4, 0.5) is 0 Å². The first-order chi connectivity index (χ1) is 7.63. The lowest BCUT2D eigenvalue weighted by Crippen LogP contribution is -2.31. The third-order valence-electron chi connectivity index (χ3n) is 2.59. The van der Waals surface area contributed by atoms with Gasteiger partial charge in [0.1, 0.15) is 11.8 Å². The molecule has 0 aliphatic rings. The molecule has 1 rings (SSSR count). The van der Waals surface area contributed by atoms with Crippen molar-refractivity contribution >= 4 is 5.91 Å². The molecule has 0 aromatic heterocycles. The standard InChI is InChI=1S/C12H18N2O2/c1-4-8-5-6-10(16-3)9(7-8)11(14-2)12(13)15/h5-7,11,14H,4H2,1-3H3,(H2,13,15). The first-order valence-corrected chi connectivity index (χ1v) is 5.27. The number of hydrogen-bond donors (Lipinski definition) is 2. The van der Waals surface area contributed by atoms with Crippen molar-refractivity contribution in [2.75, 3.05) is 14.2 Å². The molecule has 0 spiro atoms. The van der Waals surface area contributed by atoms with Crippen LogP contribution >= 0.6 is 0 Å². The molecule has 4 nitrogen and oxygen atoms in total. The molecule has 4 heteroatoms. The van der Waals surface area contributed by atoms with Gasteiger partial charge in [0.05, 0.1) is 7.11 Å². The van der Waals surface area contributed by atoms with Gasteiger partial charge in [-0.25, -0.2) is 0 Å². The lowest BCUT2D eigenvalue weighted by atomic mass is 10.0. The predicted molar refractivity (Wildman–Crippen MR) is 63.4 cm³/mol. The zero-order valence-electron chi connectivity index (χ0n) is 9.91. The summed E-state index contributed by atoms with van der Waals surface area (Å²) in [5.74, 6) is 0.268. The molecule has 0 saturated carbocycles. The van der Waals surface area contributed by atoms with Crippen LogP contribution in [0.25, 0.3) is 0 Å². The minimum atomic E-state index is -0.513. The number of rotatable bonds is 5. The Balaban J connectivity index is 3.21. The van der Waals surface area contributed by atoms with Crippen LogP contribution in [-0.2, 0) is 11.2 Å². The van der Waals surface area contributed by atoms with Gasteiger partial charge in [-0.15, -0.1) is 0 Å². The van der Waals surface area contributed by atoms with Crippen LogP contribution in [0.3, 0.4) is 0 Å².